The molecule has 2 aliphatic heterocycles. The molecule has 2 unspecified atom stereocenters. The molecule has 1 amide bonds. The van der Waals surface area contributed by atoms with E-state index in [1.807, 2.05) is 0 Å². The zero-order valence-corrected chi connectivity index (χ0v) is 17.4. The van der Waals surface area contributed by atoms with Gasteiger partial charge in [0.1, 0.15) is 25.1 Å². The number of hydrogen-bond donors (Lipinski definition) is 2. The third-order valence-corrected chi connectivity index (χ3v) is 5.62. The van der Waals surface area contributed by atoms with Crippen LogP contribution in [0.2, 0.25) is 0 Å². The molecule has 0 bridgehead atoms. The van der Waals surface area contributed by atoms with E-state index in [4.69, 9.17) is 9.47 Å². The molecule has 2 aliphatic rings. The highest BCUT2D eigenvalue weighted by Gasteiger charge is 2.31. The molecule has 0 spiro atoms. The summed E-state index contributed by atoms with van der Waals surface area (Å²) in [6.07, 6.45) is 0.680. The Morgan fingerprint density at radius 3 is 2.47 bits per heavy atom. The number of likely N-dealkylation sites (tertiary alicyclic amines) is 1. The minimum absolute atomic E-state index is 0.0150. The van der Waals surface area contributed by atoms with Gasteiger partial charge in [-0.05, 0) is 67.9 Å². The molecule has 0 aliphatic carbocycles. The Morgan fingerprint density at radius 1 is 1.06 bits per heavy atom. The van der Waals surface area contributed by atoms with Crippen molar-refractivity contribution in [3.05, 3.63) is 59.2 Å². The molecule has 2 atom stereocenters. The molecular formula is C23H24F2N2O5. The van der Waals surface area contributed by atoms with Gasteiger partial charge < -0.3 is 24.8 Å². The van der Waals surface area contributed by atoms with Gasteiger partial charge in [-0.1, -0.05) is 0 Å². The molecule has 170 valence electrons. The fourth-order valence-electron chi connectivity index (χ4n) is 3.97. The summed E-state index contributed by atoms with van der Waals surface area (Å²) in [6.45, 7) is 2.34. The van der Waals surface area contributed by atoms with E-state index in [0.717, 1.165) is 44.1 Å². The second-order valence-electron chi connectivity index (χ2n) is 7.90. The van der Waals surface area contributed by atoms with E-state index < -0.39 is 35.5 Å². The number of Topliss-reactive ketones (excluding diaryl/α,β-unsaturated/α-hetero) is 1. The minimum Gasteiger partial charge on any atom is -0.486 e. The predicted molar refractivity (Wildman–Crippen MR) is 111 cm³/mol. The van der Waals surface area contributed by atoms with Gasteiger partial charge in [0.2, 0.25) is 5.78 Å². The van der Waals surface area contributed by atoms with Crippen LogP contribution < -0.4 is 14.8 Å². The molecule has 2 N–H and O–H groups in total. The lowest BCUT2D eigenvalue weighted by Crippen LogP contribution is -2.48. The molecular weight excluding hydrogens is 422 g/mol. The third-order valence-electron chi connectivity index (χ3n) is 5.62. The predicted octanol–water partition coefficient (Wildman–Crippen LogP) is 2.23. The summed E-state index contributed by atoms with van der Waals surface area (Å²) < 4.78 is 38.4. The number of nitrogens with zero attached hydrogens (tertiary/aromatic N) is 1. The van der Waals surface area contributed by atoms with E-state index in [2.05, 4.69) is 10.2 Å². The van der Waals surface area contributed by atoms with Crippen molar-refractivity contribution >= 4 is 11.7 Å². The highest BCUT2D eigenvalue weighted by Crippen LogP contribution is 2.36. The maximum atomic E-state index is 14.5. The Labute approximate surface area is 183 Å². The van der Waals surface area contributed by atoms with Gasteiger partial charge >= 0.3 is 0 Å². The number of benzene rings is 2. The van der Waals surface area contributed by atoms with Crippen molar-refractivity contribution in [2.45, 2.75) is 25.0 Å². The number of ketones is 1. The molecule has 2 heterocycles. The van der Waals surface area contributed by atoms with Crippen LogP contribution in [0, 0.1) is 11.6 Å². The number of ether oxygens (including phenoxy) is 2. The van der Waals surface area contributed by atoms with E-state index in [-0.39, 0.29) is 42.4 Å². The highest BCUT2D eigenvalue weighted by molar-refractivity contribution is 6.42. The SMILES string of the molecule is O=C(NC(CN1CCCC1)C(O)c1cc(F)c2c(c1)OCCO2)C(=O)c1ccc(F)cc1. The molecule has 4 rings (SSSR count). The molecule has 2 aromatic rings. The lowest BCUT2D eigenvalue weighted by atomic mass is 10.00. The Hall–Kier alpha value is -3.04. The van der Waals surface area contributed by atoms with Gasteiger partial charge in [0, 0.05) is 12.1 Å². The highest BCUT2D eigenvalue weighted by atomic mass is 19.1. The van der Waals surface area contributed by atoms with Gasteiger partial charge in [-0.3, -0.25) is 9.59 Å². The minimum atomic E-state index is -1.30. The van der Waals surface area contributed by atoms with Crippen LogP contribution in [0.25, 0.3) is 0 Å². The third kappa shape index (κ3) is 4.89. The Balaban J connectivity index is 1.55. The molecule has 0 saturated carbocycles. The summed E-state index contributed by atoms with van der Waals surface area (Å²) in [5.74, 6) is -2.82. The molecule has 2 aromatic carbocycles. The zero-order valence-electron chi connectivity index (χ0n) is 17.4. The van der Waals surface area contributed by atoms with E-state index in [9.17, 15) is 23.5 Å². The van der Waals surface area contributed by atoms with Crippen LogP contribution in [-0.2, 0) is 4.79 Å². The number of hydrogen-bond acceptors (Lipinski definition) is 6. The normalized spacial score (nSPS) is 17.6. The molecule has 0 radical (unpaired) electrons. The summed E-state index contributed by atoms with van der Waals surface area (Å²) in [5, 5.41) is 13.6. The van der Waals surface area contributed by atoms with Gasteiger partial charge in [-0.2, -0.15) is 0 Å². The number of carbonyl (C=O) groups is 2. The number of fused-ring (bicyclic) bond motifs is 1. The number of nitrogens with one attached hydrogen (secondary N) is 1. The molecule has 0 aromatic heterocycles. The Kier molecular flexibility index (Phi) is 6.66. The van der Waals surface area contributed by atoms with Crippen LogP contribution in [-0.4, -0.2) is 60.6 Å². The number of aliphatic hydroxyl groups excluding tert-OH is 1. The Bertz CT molecular complexity index is 993. The first-order chi connectivity index (χ1) is 15.4. The molecule has 9 heteroatoms. The van der Waals surface area contributed by atoms with Gasteiger partial charge in [0.15, 0.2) is 17.3 Å². The van der Waals surface area contributed by atoms with E-state index in [0.29, 0.717) is 0 Å². The Morgan fingerprint density at radius 2 is 1.75 bits per heavy atom. The van der Waals surface area contributed by atoms with E-state index >= 15 is 0 Å². The van der Waals surface area contributed by atoms with Crippen molar-refractivity contribution in [2.75, 3.05) is 32.8 Å². The quantitative estimate of drug-likeness (QED) is 0.501. The fourth-order valence-corrected chi connectivity index (χ4v) is 3.97. The topological polar surface area (TPSA) is 88.1 Å². The first kappa shape index (κ1) is 22.2. The van der Waals surface area contributed by atoms with Crippen molar-refractivity contribution in [2.24, 2.45) is 0 Å². The second kappa shape index (κ2) is 9.62. The maximum absolute atomic E-state index is 14.5. The number of rotatable bonds is 7. The van der Waals surface area contributed by atoms with Crippen LogP contribution in [0.15, 0.2) is 36.4 Å². The van der Waals surface area contributed by atoms with E-state index in [1.54, 1.807) is 0 Å². The second-order valence-corrected chi connectivity index (χ2v) is 7.90. The fraction of sp³-hybridized carbons (Fsp3) is 0.391. The summed E-state index contributed by atoms with van der Waals surface area (Å²) in [5.41, 5.74) is 0.231. The van der Waals surface area contributed by atoms with Crippen LogP contribution in [0.4, 0.5) is 8.78 Å². The van der Waals surface area contributed by atoms with Gasteiger partial charge in [0.25, 0.3) is 5.91 Å². The largest absolute Gasteiger partial charge is 0.486 e. The number of amides is 1. The first-order valence-corrected chi connectivity index (χ1v) is 10.5. The average molecular weight is 446 g/mol. The van der Waals surface area contributed by atoms with Crippen molar-refractivity contribution in [3.8, 4) is 11.5 Å². The molecule has 32 heavy (non-hydrogen) atoms. The van der Waals surface area contributed by atoms with Crippen molar-refractivity contribution in [1.82, 2.24) is 10.2 Å². The molecule has 1 fully saturated rings. The number of carbonyl (C=O) groups excluding carboxylic acids is 2. The van der Waals surface area contributed by atoms with Crippen LogP contribution in [0.5, 0.6) is 11.5 Å². The van der Waals surface area contributed by atoms with Crippen molar-refractivity contribution in [3.63, 3.8) is 0 Å². The van der Waals surface area contributed by atoms with E-state index in [1.165, 1.54) is 18.2 Å². The zero-order chi connectivity index (χ0) is 22.7. The van der Waals surface area contributed by atoms with Gasteiger partial charge in [-0.15, -0.1) is 0 Å². The van der Waals surface area contributed by atoms with Gasteiger partial charge in [0.05, 0.1) is 6.04 Å². The molecule has 7 nitrogen and oxygen atoms in total. The first-order valence-electron chi connectivity index (χ1n) is 10.5. The summed E-state index contributed by atoms with van der Waals surface area (Å²) in [7, 11) is 0. The van der Waals surface area contributed by atoms with Crippen LogP contribution >= 0.6 is 0 Å². The van der Waals surface area contributed by atoms with Crippen molar-refractivity contribution < 1.29 is 33.0 Å². The van der Waals surface area contributed by atoms with Crippen LogP contribution in [0.1, 0.15) is 34.9 Å². The van der Waals surface area contributed by atoms with Crippen LogP contribution in [0.3, 0.4) is 0 Å². The number of halogens is 2. The summed E-state index contributed by atoms with van der Waals surface area (Å²) >= 11 is 0. The monoisotopic (exact) mass is 446 g/mol. The smallest absolute Gasteiger partial charge is 0.292 e. The lowest BCUT2D eigenvalue weighted by molar-refractivity contribution is -0.118. The van der Waals surface area contributed by atoms with Gasteiger partial charge in [-0.25, -0.2) is 8.78 Å². The lowest BCUT2D eigenvalue weighted by Gasteiger charge is -2.29. The standard InChI is InChI=1S/C23H24F2N2O5/c24-16-5-3-14(4-6-16)21(29)23(30)26-18(13-27-7-1-2-8-27)20(28)15-11-17(25)22-19(12-15)31-9-10-32-22/h3-6,11-12,18,20,28H,1-2,7-10,13H2,(H,26,30). The summed E-state index contributed by atoms with van der Waals surface area (Å²) in [4.78, 5) is 27.2. The summed E-state index contributed by atoms with van der Waals surface area (Å²) in [6, 6.07) is 6.37. The maximum Gasteiger partial charge on any atom is 0.292 e. The molecule has 1 saturated heterocycles. The number of aliphatic hydroxyl groups is 1. The average Bonchev–Trinajstić information content (AvgIpc) is 3.31. The van der Waals surface area contributed by atoms with Crippen molar-refractivity contribution in [1.29, 1.82) is 0 Å².